The maximum absolute atomic E-state index is 16.0. The van der Waals surface area contributed by atoms with Crippen molar-refractivity contribution in [2.24, 2.45) is 4.99 Å². The Hall–Kier alpha value is -3.67. The fourth-order valence-electron chi connectivity index (χ4n) is 4.24. The summed E-state index contributed by atoms with van der Waals surface area (Å²) in [6.07, 6.45) is 3.42. The molecule has 2 unspecified atom stereocenters. The lowest BCUT2D eigenvalue weighted by Gasteiger charge is -2.37. The number of nitrogens with one attached hydrogen (secondary N) is 3. The number of hydrogen-bond donors (Lipinski definition) is 4. The zero-order chi connectivity index (χ0) is 26.2. The van der Waals surface area contributed by atoms with Crippen LogP contribution in [0, 0.1) is 0 Å². The van der Waals surface area contributed by atoms with Crippen molar-refractivity contribution in [1.29, 1.82) is 0 Å². The molecule has 1 aliphatic rings. The minimum atomic E-state index is -1.07. The van der Waals surface area contributed by atoms with Gasteiger partial charge in [0, 0.05) is 29.5 Å². The van der Waals surface area contributed by atoms with Gasteiger partial charge in [-0.1, -0.05) is 37.6 Å². The van der Waals surface area contributed by atoms with E-state index in [0.717, 1.165) is 0 Å². The van der Waals surface area contributed by atoms with Crippen molar-refractivity contribution in [3.63, 3.8) is 0 Å². The molecule has 2 atom stereocenters. The van der Waals surface area contributed by atoms with Gasteiger partial charge in [-0.2, -0.15) is 0 Å². The van der Waals surface area contributed by atoms with Gasteiger partial charge < -0.3 is 15.4 Å². The van der Waals surface area contributed by atoms with Gasteiger partial charge in [0.25, 0.3) is 0 Å². The molecule has 0 saturated heterocycles. The Morgan fingerprint density at radius 2 is 2.14 bits per heavy atom. The van der Waals surface area contributed by atoms with E-state index in [4.69, 9.17) is 11.6 Å². The van der Waals surface area contributed by atoms with Crippen LogP contribution < -0.4 is 10.6 Å². The van der Waals surface area contributed by atoms with E-state index in [1.807, 2.05) is 37.4 Å². The Bertz CT molecular complexity index is 1500. The second-order valence-electron chi connectivity index (χ2n) is 9.06. The number of aromatic amines is 1. The first-order valence-corrected chi connectivity index (χ1v) is 12.7. The van der Waals surface area contributed by atoms with Crippen LogP contribution in [0.15, 0.2) is 65.1 Å². The number of nitrogens with zero attached hydrogens (tertiary/aromatic N) is 4. The van der Waals surface area contributed by atoms with Gasteiger partial charge in [-0.25, -0.2) is 19.4 Å². The highest BCUT2D eigenvalue weighted by Gasteiger charge is 2.38. The first kappa shape index (κ1) is 25.0. The van der Waals surface area contributed by atoms with Gasteiger partial charge in [0.2, 0.25) is 0 Å². The number of aliphatic imine (C=N–C) groups is 1. The van der Waals surface area contributed by atoms with E-state index in [0.29, 0.717) is 33.1 Å². The minimum absolute atomic E-state index is 0.148. The number of carbonyl (C=O) groups is 1. The van der Waals surface area contributed by atoms with Crippen molar-refractivity contribution in [1.82, 2.24) is 30.6 Å². The van der Waals surface area contributed by atoms with Crippen LogP contribution in [-0.2, 0) is 10.2 Å². The molecule has 190 valence electrons. The Balaban J connectivity index is 1.57. The number of hydrogen-bond acceptors (Lipinski definition) is 8. The van der Waals surface area contributed by atoms with E-state index in [2.05, 4.69) is 35.6 Å². The number of H-pyrrole nitrogens is 1. The molecule has 12 heteroatoms. The molecule has 4 aromatic heterocycles. The average molecular weight is 540 g/mol. The number of thiophene rings is 1. The van der Waals surface area contributed by atoms with Crippen LogP contribution >= 0.6 is 22.9 Å². The van der Waals surface area contributed by atoms with Crippen molar-refractivity contribution in [3.8, 4) is 0 Å². The molecule has 5 heterocycles. The Labute approximate surface area is 220 Å². The molecule has 0 radical (unpaired) electrons. The predicted molar refractivity (Wildman–Crippen MR) is 141 cm³/mol. The zero-order valence-electron chi connectivity index (χ0n) is 19.9. The average Bonchev–Trinajstić information content (AvgIpc) is 3.55. The van der Waals surface area contributed by atoms with Crippen molar-refractivity contribution in [2.45, 2.75) is 37.9 Å². The molecule has 0 aliphatic carbocycles. The molecule has 0 fully saturated rings. The molecule has 4 N–H and O–H groups in total. The fourth-order valence-corrected chi connectivity index (χ4v) is 5.09. The summed E-state index contributed by atoms with van der Waals surface area (Å²) in [6, 6.07) is 8.36. The third-order valence-corrected chi connectivity index (χ3v) is 7.35. The van der Waals surface area contributed by atoms with Crippen molar-refractivity contribution >= 4 is 51.6 Å². The third-order valence-electron chi connectivity index (χ3n) is 6.29. The highest BCUT2D eigenvalue weighted by atomic mass is 35.5. The number of carboxylic acids is 1. The molecule has 9 nitrogen and oxygen atoms in total. The number of amidine groups is 1. The molecule has 1 aliphatic heterocycles. The SMILES string of the molecule is CC(C)(c1ccccn1)C(CC(=O)O)NC1NC(c2c[nH]c3ncc(Cl)nc23)=NC(c2cccs2)=C1F. The summed E-state index contributed by atoms with van der Waals surface area (Å²) in [6.45, 7) is 3.76. The lowest BCUT2D eigenvalue weighted by atomic mass is 9.79. The van der Waals surface area contributed by atoms with Gasteiger partial charge in [0.15, 0.2) is 11.5 Å². The van der Waals surface area contributed by atoms with E-state index in [9.17, 15) is 9.90 Å². The molecule has 0 spiro atoms. The van der Waals surface area contributed by atoms with E-state index >= 15 is 4.39 Å². The standard InChI is InChI=1S/C25H23ClFN7O2S/c1-25(2,15-7-3-4-8-28-15)16(10-18(35)36)31-23-19(27)21(14-6-5-9-37-14)33-22(34-23)13-11-29-24-20(13)32-17(26)12-30-24/h3-9,11-12,16,23,31H,10H2,1-2H3,(H,29,30)(H,33,34)(H,35,36). The number of rotatable bonds is 8. The molecule has 4 aromatic rings. The van der Waals surface area contributed by atoms with Gasteiger partial charge in [0.1, 0.15) is 28.4 Å². The summed E-state index contributed by atoms with van der Waals surface area (Å²) in [7, 11) is 0. The Kier molecular flexibility index (Phi) is 6.76. The molecule has 0 amide bonds. The summed E-state index contributed by atoms with van der Waals surface area (Å²) in [5.74, 6) is -1.23. The molecule has 5 rings (SSSR count). The highest BCUT2D eigenvalue weighted by Crippen LogP contribution is 2.33. The quantitative estimate of drug-likeness (QED) is 0.259. The molecule has 0 aromatic carbocycles. The van der Waals surface area contributed by atoms with Crippen LogP contribution in [0.2, 0.25) is 5.15 Å². The molecule has 37 heavy (non-hydrogen) atoms. The number of halogens is 2. The van der Waals surface area contributed by atoms with Crippen molar-refractivity contribution in [2.75, 3.05) is 0 Å². The second-order valence-corrected chi connectivity index (χ2v) is 10.4. The second kappa shape index (κ2) is 10.0. The van der Waals surface area contributed by atoms with Gasteiger partial charge in [-0.05, 0) is 23.6 Å². The number of pyridine rings is 1. The van der Waals surface area contributed by atoms with E-state index in [-0.39, 0.29) is 17.3 Å². The van der Waals surface area contributed by atoms with Crippen molar-refractivity contribution < 1.29 is 14.3 Å². The van der Waals surface area contributed by atoms with E-state index < -0.39 is 29.4 Å². The first-order valence-electron chi connectivity index (χ1n) is 11.4. The molecule has 0 bridgehead atoms. The summed E-state index contributed by atoms with van der Waals surface area (Å²) in [5, 5.41) is 18.1. The van der Waals surface area contributed by atoms with Crippen molar-refractivity contribution in [3.05, 3.63) is 81.4 Å². The number of carboxylic acid groups (broad SMARTS) is 1. The minimum Gasteiger partial charge on any atom is -0.481 e. The van der Waals surface area contributed by atoms with Gasteiger partial charge in [0.05, 0.1) is 23.1 Å². The van der Waals surface area contributed by atoms with Crippen LogP contribution in [0.3, 0.4) is 0 Å². The van der Waals surface area contributed by atoms with Crippen LogP contribution in [0.5, 0.6) is 0 Å². The number of fused-ring (bicyclic) bond motifs is 1. The topological polar surface area (TPSA) is 128 Å². The predicted octanol–water partition coefficient (Wildman–Crippen LogP) is 4.49. The third kappa shape index (κ3) is 4.97. The Morgan fingerprint density at radius 3 is 2.84 bits per heavy atom. The first-order chi connectivity index (χ1) is 17.7. The van der Waals surface area contributed by atoms with Crippen LogP contribution in [-0.4, -0.2) is 49.1 Å². The Morgan fingerprint density at radius 1 is 1.30 bits per heavy atom. The van der Waals surface area contributed by atoms with Crippen LogP contribution in [0.4, 0.5) is 4.39 Å². The highest BCUT2D eigenvalue weighted by molar-refractivity contribution is 7.11. The van der Waals surface area contributed by atoms with Crippen LogP contribution in [0.25, 0.3) is 16.9 Å². The number of aliphatic carboxylic acids is 1. The molecular formula is C25H23ClFN7O2S. The lowest BCUT2D eigenvalue weighted by Crippen LogP contribution is -2.57. The summed E-state index contributed by atoms with van der Waals surface area (Å²) >= 11 is 7.44. The maximum atomic E-state index is 16.0. The van der Waals surface area contributed by atoms with E-state index in [1.54, 1.807) is 24.5 Å². The van der Waals surface area contributed by atoms with E-state index in [1.165, 1.54) is 17.5 Å². The van der Waals surface area contributed by atoms with Gasteiger partial charge >= 0.3 is 5.97 Å². The normalized spacial score (nSPS) is 17.0. The monoisotopic (exact) mass is 539 g/mol. The maximum Gasteiger partial charge on any atom is 0.304 e. The van der Waals surface area contributed by atoms with Gasteiger partial charge in [-0.3, -0.25) is 15.1 Å². The molecule has 0 saturated carbocycles. The lowest BCUT2D eigenvalue weighted by molar-refractivity contribution is -0.138. The summed E-state index contributed by atoms with van der Waals surface area (Å²) in [5.41, 5.74) is 1.61. The van der Waals surface area contributed by atoms with Crippen LogP contribution in [0.1, 0.15) is 36.4 Å². The largest absolute Gasteiger partial charge is 0.481 e. The fraction of sp³-hybridized carbons (Fsp3) is 0.240. The van der Waals surface area contributed by atoms with Gasteiger partial charge in [-0.15, -0.1) is 11.3 Å². The smallest absolute Gasteiger partial charge is 0.304 e. The number of aromatic nitrogens is 4. The molecular weight excluding hydrogens is 517 g/mol. The zero-order valence-corrected chi connectivity index (χ0v) is 21.4. The summed E-state index contributed by atoms with van der Waals surface area (Å²) in [4.78, 5) is 33.1. The summed E-state index contributed by atoms with van der Waals surface area (Å²) < 4.78 is 16.0.